The Balaban J connectivity index is 0. The van der Waals surface area contributed by atoms with Crippen LogP contribution in [0, 0.1) is 0 Å². The first-order chi connectivity index (χ1) is 14.9. The van der Waals surface area contributed by atoms with Crippen molar-refractivity contribution in [1.82, 2.24) is 0 Å². The molecule has 4 N–H and O–H groups in total. The van der Waals surface area contributed by atoms with Crippen LogP contribution in [0.4, 0.5) is 0 Å². The van der Waals surface area contributed by atoms with Crippen molar-refractivity contribution in [2.45, 2.75) is 53.4 Å². The molecule has 2 rings (SSSR count). The number of carbonyl (C=O) groups excluding carboxylic acids is 1. The molecule has 0 saturated carbocycles. The van der Waals surface area contributed by atoms with E-state index >= 15 is 0 Å². The zero-order valence-electron chi connectivity index (χ0n) is 19.2. The van der Waals surface area contributed by atoms with Gasteiger partial charge < -0.3 is 15.9 Å². The lowest BCUT2D eigenvalue weighted by Gasteiger charge is -2.01. The van der Waals surface area contributed by atoms with Crippen LogP contribution >= 0.6 is 11.3 Å². The summed E-state index contributed by atoms with van der Waals surface area (Å²) in [7, 11) is 0. The van der Waals surface area contributed by atoms with Crippen LogP contribution in [0.1, 0.15) is 67.8 Å². The van der Waals surface area contributed by atoms with Gasteiger partial charge in [-0.05, 0) is 54.6 Å². The average Bonchev–Trinajstić information content (AvgIpc) is 3.29. The molecule has 2 aromatic rings. The first kappa shape index (κ1) is 30.5. The van der Waals surface area contributed by atoms with Gasteiger partial charge in [0.05, 0.1) is 11.3 Å². The van der Waals surface area contributed by atoms with Crippen LogP contribution in [0.15, 0.2) is 65.8 Å². The van der Waals surface area contributed by atoms with Crippen molar-refractivity contribution >= 4 is 23.6 Å². The number of aliphatic hydroxyl groups is 1. The molecular weight excluding hydrogens is 410 g/mol. The molecule has 1 atom stereocenters. The molecule has 0 radical (unpaired) electrons. The summed E-state index contributed by atoms with van der Waals surface area (Å²) in [5.74, 6) is -0.323. The fraction of sp³-hybridized carbons (Fsp3) is 0.360. The lowest BCUT2D eigenvalue weighted by Crippen LogP contribution is -1.98. The molecule has 0 aliphatic carbocycles. The summed E-state index contributed by atoms with van der Waals surface area (Å²) < 4.78 is 0. The quantitative estimate of drug-likeness (QED) is 0.260. The molecule has 0 amide bonds. The predicted octanol–water partition coefficient (Wildman–Crippen LogP) is 6.38. The lowest BCUT2D eigenvalue weighted by molar-refractivity contribution is -0.136. The second-order valence-corrected chi connectivity index (χ2v) is 7.05. The fourth-order valence-corrected chi connectivity index (χ4v) is 2.70. The van der Waals surface area contributed by atoms with Gasteiger partial charge in [0.15, 0.2) is 6.29 Å². The van der Waals surface area contributed by atoms with Gasteiger partial charge in [0, 0.05) is 5.92 Å². The number of benzene rings is 1. The lowest BCUT2D eigenvalue weighted by atomic mass is 10.0. The van der Waals surface area contributed by atoms with Gasteiger partial charge in [-0.2, -0.15) is 0 Å². The number of carboxylic acids is 1. The standard InChI is InChI=1S/C12H14O2S.C8H8O2.C3H9N.C2H6/c1-3-11(14)5-4-9(2)10-6-12(7-13)15-8-10;9-8(10)6-7-4-2-1-3-5-7;1-2-3-4;1-2/h3-9,14H,1-2H3;1-5H,6H2,(H,9,10);2-4H2,1H3;1-2H3/b5-4-,11-3+;;;. The average molecular weight is 448 g/mol. The Morgan fingerprint density at radius 1 is 1.19 bits per heavy atom. The third-order valence-electron chi connectivity index (χ3n) is 3.62. The number of aliphatic hydroxyl groups excluding tert-OH is 1. The van der Waals surface area contributed by atoms with Gasteiger partial charge >= 0.3 is 5.97 Å². The van der Waals surface area contributed by atoms with Crippen LogP contribution in [0.3, 0.4) is 0 Å². The number of allylic oxidation sites excluding steroid dienone is 3. The maximum Gasteiger partial charge on any atom is 0.307 e. The number of carbonyl (C=O) groups is 2. The highest BCUT2D eigenvalue weighted by atomic mass is 32.1. The molecule has 0 aliphatic rings. The SMILES string of the molecule is C/C=C(O)\C=C/C(C)c1csc(C=O)c1.CC.CCCN.O=C(O)Cc1ccccc1. The third-order valence-corrected chi connectivity index (χ3v) is 4.50. The van der Waals surface area contributed by atoms with E-state index in [0.29, 0.717) is 0 Å². The van der Waals surface area contributed by atoms with Crippen LogP contribution in [0.5, 0.6) is 0 Å². The van der Waals surface area contributed by atoms with Crippen molar-refractivity contribution in [1.29, 1.82) is 0 Å². The van der Waals surface area contributed by atoms with Crippen molar-refractivity contribution in [3.63, 3.8) is 0 Å². The number of rotatable bonds is 7. The Morgan fingerprint density at radius 2 is 1.77 bits per heavy atom. The topological polar surface area (TPSA) is 101 Å². The summed E-state index contributed by atoms with van der Waals surface area (Å²) in [5, 5.41) is 19.6. The van der Waals surface area contributed by atoms with Crippen molar-refractivity contribution in [3.8, 4) is 0 Å². The second-order valence-electron chi connectivity index (χ2n) is 6.11. The summed E-state index contributed by atoms with van der Waals surface area (Å²) in [4.78, 5) is 21.4. The molecule has 0 spiro atoms. The van der Waals surface area contributed by atoms with E-state index < -0.39 is 5.97 Å². The summed E-state index contributed by atoms with van der Waals surface area (Å²) in [6, 6.07) is 11.0. The zero-order chi connectivity index (χ0) is 24.1. The minimum Gasteiger partial charge on any atom is -0.508 e. The van der Waals surface area contributed by atoms with Crippen LogP contribution < -0.4 is 5.73 Å². The van der Waals surface area contributed by atoms with Crippen molar-refractivity contribution < 1.29 is 19.8 Å². The molecular formula is C25H37NO4S. The molecule has 0 fully saturated rings. The van der Waals surface area contributed by atoms with Crippen molar-refractivity contribution in [3.05, 3.63) is 81.8 Å². The fourth-order valence-electron chi connectivity index (χ4n) is 1.89. The van der Waals surface area contributed by atoms with Gasteiger partial charge in [0.1, 0.15) is 5.76 Å². The Morgan fingerprint density at radius 3 is 2.19 bits per heavy atom. The predicted molar refractivity (Wildman–Crippen MR) is 132 cm³/mol. The van der Waals surface area contributed by atoms with Crippen molar-refractivity contribution in [2.75, 3.05) is 6.54 Å². The zero-order valence-corrected chi connectivity index (χ0v) is 20.1. The Bertz CT molecular complexity index is 765. The van der Waals surface area contributed by atoms with Gasteiger partial charge in [-0.1, -0.05) is 64.1 Å². The monoisotopic (exact) mass is 447 g/mol. The minimum absolute atomic E-state index is 0.112. The highest BCUT2D eigenvalue weighted by Crippen LogP contribution is 2.22. The Labute approximate surface area is 190 Å². The summed E-state index contributed by atoms with van der Waals surface area (Å²) in [5.41, 5.74) is 6.97. The maximum absolute atomic E-state index is 10.5. The molecule has 1 aromatic heterocycles. The molecule has 5 nitrogen and oxygen atoms in total. The number of aldehydes is 1. The Kier molecular flexibility index (Phi) is 20.2. The highest BCUT2D eigenvalue weighted by molar-refractivity contribution is 7.11. The highest BCUT2D eigenvalue weighted by Gasteiger charge is 2.04. The van der Waals surface area contributed by atoms with Gasteiger partial charge in [-0.15, -0.1) is 11.3 Å². The maximum atomic E-state index is 10.5. The largest absolute Gasteiger partial charge is 0.508 e. The molecule has 6 heteroatoms. The van der Waals surface area contributed by atoms with Crippen LogP contribution in [-0.4, -0.2) is 29.0 Å². The summed E-state index contributed by atoms with van der Waals surface area (Å²) in [6.07, 6.45) is 7.28. The van der Waals surface area contributed by atoms with Gasteiger partial charge in [0.2, 0.25) is 0 Å². The summed E-state index contributed by atoms with van der Waals surface area (Å²) >= 11 is 1.44. The smallest absolute Gasteiger partial charge is 0.307 e. The summed E-state index contributed by atoms with van der Waals surface area (Å²) in [6.45, 7) is 10.7. The van der Waals surface area contributed by atoms with Crippen molar-refractivity contribution in [2.24, 2.45) is 5.73 Å². The first-order valence-corrected chi connectivity index (χ1v) is 11.3. The molecule has 1 heterocycles. The normalized spacial score (nSPS) is 11.1. The number of thiophene rings is 1. The molecule has 0 bridgehead atoms. The number of aliphatic carboxylic acids is 1. The Hall–Kier alpha value is -2.70. The van der Waals surface area contributed by atoms with E-state index in [0.717, 1.165) is 35.3 Å². The molecule has 1 unspecified atom stereocenters. The second kappa shape index (κ2) is 20.6. The number of nitrogens with two attached hydrogens (primary N) is 1. The first-order valence-electron chi connectivity index (χ1n) is 10.4. The van der Waals surface area contributed by atoms with E-state index in [-0.39, 0.29) is 18.1 Å². The van der Waals surface area contributed by atoms with E-state index in [1.54, 1.807) is 31.2 Å². The van der Waals surface area contributed by atoms with Gasteiger partial charge in [-0.25, -0.2) is 0 Å². The van der Waals surface area contributed by atoms with Gasteiger partial charge in [-0.3, -0.25) is 9.59 Å². The molecule has 31 heavy (non-hydrogen) atoms. The third kappa shape index (κ3) is 16.7. The number of hydrogen-bond donors (Lipinski definition) is 3. The van der Waals surface area contributed by atoms with E-state index in [1.165, 1.54) is 11.3 Å². The van der Waals surface area contributed by atoms with Crippen LogP contribution in [-0.2, 0) is 11.2 Å². The van der Waals surface area contributed by atoms with E-state index in [2.05, 4.69) is 6.92 Å². The molecule has 1 aromatic carbocycles. The molecule has 172 valence electrons. The van der Waals surface area contributed by atoms with Crippen LogP contribution in [0.25, 0.3) is 0 Å². The molecule has 0 aliphatic heterocycles. The van der Waals surface area contributed by atoms with Crippen LogP contribution in [0.2, 0.25) is 0 Å². The van der Waals surface area contributed by atoms with E-state index in [4.69, 9.17) is 10.8 Å². The van der Waals surface area contributed by atoms with Gasteiger partial charge in [0.25, 0.3) is 0 Å². The van der Waals surface area contributed by atoms with E-state index in [9.17, 15) is 14.7 Å². The molecule has 0 saturated heterocycles. The number of carboxylic acid groups (broad SMARTS) is 1. The minimum atomic E-state index is -0.786. The van der Waals surface area contributed by atoms with E-state index in [1.807, 2.05) is 56.5 Å². The number of hydrogen-bond acceptors (Lipinski definition) is 5.